The Morgan fingerprint density at radius 2 is 1.76 bits per heavy atom. The summed E-state index contributed by atoms with van der Waals surface area (Å²) in [5.74, 6) is -0.460. The van der Waals surface area contributed by atoms with E-state index in [1.807, 2.05) is 36.4 Å². The second-order valence-corrected chi connectivity index (χ2v) is 8.70. The summed E-state index contributed by atoms with van der Waals surface area (Å²) in [5, 5.41) is 15.8. The van der Waals surface area contributed by atoms with Crippen molar-refractivity contribution >= 4 is 46.8 Å². The van der Waals surface area contributed by atoms with Crippen LogP contribution in [0.4, 0.5) is 16.2 Å². The fraction of sp³-hybridized carbons (Fsp3) is 0.120. The van der Waals surface area contributed by atoms with Crippen LogP contribution in [0.1, 0.15) is 21.5 Å². The van der Waals surface area contributed by atoms with Crippen LogP contribution in [0.5, 0.6) is 0 Å². The van der Waals surface area contributed by atoms with Crippen molar-refractivity contribution in [3.8, 4) is 0 Å². The third-order valence-corrected chi connectivity index (χ3v) is 6.25. The fourth-order valence-corrected chi connectivity index (χ4v) is 4.41. The predicted molar refractivity (Wildman–Crippen MR) is 133 cm³/mol. The second kappa shape index (κ2) is 10.2. The first-order valence-electron chi connectivity index (χ1n) is 10.5. The average Bonchev–Trinajstić information content (AvgIpc) is 3.07. The monoisotopic (exact) mass is 474 g/mol. The van der Waals surface area contributed by atoms with E-state index in [9.17, 15) is 14.4 Å². The summed E-state index contributed by atoms with van der Waals surface area (Å²) in [5.41, 5.74) is 5.89. The number of carboxylic acids is 1. The van der Waals surface area contributed by atoms with E-state index in [1.165, 1.54) is 4.90 Å². The number of para-hydroxylation sites is 1. The molecule has 0 radical (unpaired) electrons. The molecule has 1 heterocycles. The molecule has 1 aliphatic rings. The number of aryl methyl sites for hydroxylation is 1. The van der Waals surface area contributed by atoms with E-state index in [4.69, 9.17) is 5.11 Å². The normalized spacial score (nSPS) is 13.6. The van der Waals surface area contributed by atoms with Gasteiger partial charge in [-0.25, -0.2) is 15.0 Å². The van der Waals surface area contributed by atoms with Crippen LogP contribution in [0.15, 0.2) is 82.8 Å². The van der Waals surface area contributed by atoms with Crippen LogP contribution in [-0.2, 0) is 11.2 Å². The van der Waals surface area contributed by atoms with E-state index < -0.39 is 12.0 Å². The smallest absolute Gasteiger partial charge is 0.339 e. The molecule has 0 bridgehead atoms. The number of rotatable bonds is 7. The third-order valence-electron chi connectivity index (χ3n) is 5.25. The Hall–Kier alpha value is -4.11. The van der Waals surface area contributed by atoms with Crippen molar-refractivity contribution in [3.63, 3.8) is 0 Å². The van der Waals surface area contributed by atoms with E-state index in [0.717, 1.165) is 28.3 Å². The molecule has 3 aromatic carbocycles. The van der Waals surface area contributed by atoms with Gasteiger partial charge in [0.1, 0.15) is 0 Å². The number of fused-ring (bicyclic) bond motifs is 1. The number of carbonyl (C=O) groups excluding carboxylic acids is 2. The maximum atomic E-state index is 12.7. The van der Waals surface area contributed by atoms with Crippen LogP contribution in [0, 0.1) is 0 Å². The number of anilines is 2. The SMILES string of the molecule is CN1C(=O)/C(=N\NC(=O)Nc2ccccc2)c2cc(SCCc3ccc(C(=O)O)cc3)ccc21. The van der Waals surface area contributed by atoms with Crippen LogP contribution in [0.2, 0.25) is 0 Å². The Balaban J connectivity index is 1.42. The van der Waals surface area contributed by atoms with Crippen molar-refractivity contribution in [3.05, 3.63) is 89.5 Å². The molecule has 0 spiro atoms. The number of carboxylic acid groups (broad SMARTS) is 1. The minimum atomic E-state index is -0.942. The molecule has 0 saturated carbocycles. The van der Waals surface area contributed by atoms with Gasteiger partial charge in [0.15, 0.2) is 5.71 Å². The van der Waals surface area contributed by atoms with Crippen molar-refractivity contribution in [2.24, 2.45) is 5.10 Å². The molecule has 0 aliphatic carbocycles. The first-order chi connectivity index (χ1) is 16.4. The molecule has 0 saturated heterocycles. The lowest BCUT2D eigenvalue weighted by atomic mass is 10.1. The lowest BCUT2D eigenvalue weighted by Crippen LogP contribution is -2.30. The van der Waals surface area contributed by atoms with Gasteiger partial charge in [0.2, 0.25) is 0 Å². The van der Waals surface area contributed by atoms with Crippen LogP contribution in [0.3, 0.4) is 0 Å². The summed E-state index contributed by atoms with van der Waals surface area (Å²) in [6, 6.07) is 20.9. The highest BCUT2D eigenvalue weighted by Gasteiger charge is 2.32. The van der Waals surface area contributed by atoms with Gasteiger partial charge < -0.3 is 15.3 Å². The number of hydrogen-bond donors (Lipinski definition) is 3. The molecule has 0 unspecified atom stereocenters. The number of hydrazone groups is 1. The molecule has 8 nitrogen and oxygen atoms in total. The Labute approximate surface area is 200 Å². The van der Waals surface area contributed by atoms with Crippen LogP contribution in [0.25, 0.3) is 0 Å². The van der Waals surface area contributed by atoms with Crippen molar-refractivity contribution in [2.75, 3.05) is 23.0 Å². The summed E-state index contributed by atoms with van der Waals surface area (Å²) in [4.78, 5) is 38.3. The minimum Gasteiger partial charge on any atom is -0.478 e. The van der Waals surface area contributed by atoms with Gasteiger partial charge in [0.25, 0.3) is 5.91 Å². The van der Waals surface area contributed by atoms with Gasteiger partial charge in [-0.1, -0.05) is 30.3 Å². The molecule has 1 aliphatic heterocycles. The number of nitrogens with one attached hydrogen (secondary N) is 2. The number of hydrogen-bond acceptors (Lipinski definition) is 5. The molecule has 0 aromatic heterocycles. The quantitative estimate of drug-likeness (QED) is 0.351. The lowest BCUT2D eigenvalue weighted by Gasteiger charge is -2.09. The molecule has 0 fully saturated rings. The molecular weight excluding hydrogens is 452 g/mol. The predicted octanol–water partition coefficient (Wildman–Crippen LogP) is 4.22. The number of urea groups is 1. The molecular formula is C25H22N4O4S. The number of aromatic carboxylic acids is 1. The Morgan fingerprint density at radius 1 is 1.03 bits per heavy atom. The van der Waals surface area contributed by atoms with Gasteiger partial charge >= 0.3 is 12.0 Å². The lowest BCUT2D eigenvalue weighted by molar-refractivity contribution is -0.112. The molecule has 3 N–H and O–H groups in total. The number of carbonyl (C=O) groups is 3. The van der Waals surface area contributed by atoms with Crippen molar-refractivity contribution in [1.82, 2.24) is 5.43 Å². The van der Waals surface area contributed by atoms with Gasteiger partial charge in [0, 0.05) is 28.9 Å². The summed E-state index contributed by atoms with van der Waals surface area (Å²) in [6.07, 6.45) is 0.767. The number of likely N-dealkylation sites (N-methyl/N-ethyl adjacent to an activating group) is 1. The number of nitrogens with zero attached hydrogens (tertiary/aromatic N) is 2. The highest BCUT2D eigenvalue weighted by Crippen LogP contribution is 2.32. The molecule has 4 rings (SSSR count). The van der Waals surface area contributed by atoms with E-state index in [1.54, 1.807) is 55.2 Å². The molecule has 3 amide bonds. The van der Waals surface area contributed by atoms with Crippen molar-refractivity contribution < 1.29 is 19.5 Å². The number of amides is 3. The van der Waals surface area contributed by atoms with Gasteiger partial charge in [-0.15, -0.1) is 11.8 Å². The first-order valence-corrected chi connectivity index (χ1v) is 11.5. The van der Waals surface area contributed by atoms with E-state index in [2.05, 4.69) is 15.8 Å². The van der Waals surface area contributed by atoms with Crippen molar-refractivity contribution in [1.29, 1.82) is 0 Å². The highest BCUT2D eigenvalue weighted by molar-refractivity contribution is 7.99. The summed E-state index contributed by atoms with van der Waals surface area (Å²) in [7, 11) is 1.67. The van der Waals surface area contributed by atoms with Crippen LogP contribution >= 0.6 is 11.8 Å². The van der Waals surface area contributed by atoms with Crippen LogP contribution < -0.4 is 15.6 Å². The summed E-state index contributed by atoms with van der Waals surface area (Å²) in [6.45, 7) is 0. The molecule has 172 valence electrons. The van der Waals surface area contributed by atoms with Crippen LogP contribution in [-0.4, -0.2) is 41.5 Å². The Bertz CT molecular complexity index is 1260. The third kappa shape index (κ3) is 5.26. The first kappa shape index (κ1) is 23.1. The van der Waals surface area contributed by atoms with E-state index in [-0.39, 0.29) is 17.2 Å². The highest BCUT2D eigenvalue weighted by atomic mass is 32.2. The molecule has 0 atom stereocenters. The maximum absolute atomic E-state index is 12.7. The molecule has 3 aromatic rings. The topological polar surface area (TPSA) is 111 Å². The zero-order valence-corrected chi connectivity index (χ0v) is 19.1. The molecule has 34 heavy (non-hydrogen) atoms. The second-order valence-electron chi connectivity index (χ2n) is 7.54. The van der Waals surface area contributed by atoms with E-state index >= 15 is 0 Å². The van der Waals surface area contributed by atoms with Crippen molar-refractivity contribution in [2.45, 2.75) is 11.3 Å². The summed E-state index contributed by atoms with van der Waals surface area (Å²) >= 11 is 1.62. The Kier molecular flexibility index (Phi) is 6.93. The van der Waals surface area contributed by atoms with Gasteiger partial charge in [-0.3, -0.25) is 4.79 Å². The minimum absolute atomic E-state index is 0.174. The Morgan fingerprint density at radius 3 is 2.47 bits per heavy atom. The van der Waals surface area contributed by atoms with E-state index in [0.29, 0.717) is 11.3 Å². The maximum Gasteiger partial charge on any atom is 0.339 e. The zero-order valence-electron chi connectivity index (χ0n) is 18.3. The van der Waals surface area contributed by atoms with Gasteiger partial charge in [-0.05, 0) is 54.4 Å². The number of benzene rings is 3. The largest absolute Gasteiger partial charge is 0.478 e. The average molecular weight is 475 g/mol. The fourth-order valence-electron chi connectivity index (χ4n) is 3.47. The summed E-state index contributed by atoms with van der Waals surface area (Å²) < 4.78 is 0. The molecule has 9 heteroatoms. The number of thioether (sulfide) groups is 1. The zero-order chi connectivity index (χ0) is 24.1. The standard InChI is InChI=1S/C25H22N4O4S/c1-29-21-12-11-19(34-14-13-16-7-9-17(10-8-16)24(31)32)15-20(21)22(23(29)30)27-28-25(33)26-18-5-3-2-4-6-18/h2-12,15H,13-14H2,1H3,(H,31,32)(H2,26,28,33)/b27-22-. The van der Waals surface area contributed by atoms with Gasteiger partial charge in [-0.2, -0.15) is 5.10 Å². The van der Waals surface area contributed by atoms with Gasteiger partial charge in [0.05, 0.1) is 11.3 Å².